The van der Waals surface area contributed by atoms with E-state index >= 15 is 4.79 Å². The maximum absolute atomic E-state index is 15.3. The minimum absolute atomic E-state index is 0.0224. The lowest BCUT2D eigenvalue weighted by Crippen LogP contribution is -2.45. The first-order chi connectivity index (χ1) is 28.0. The normalized spacial score (nSPS) is 19.9. The van der Waals surface area contributed by atoms with Gasteiger partial charge in [0.05, 0.1) is 45.6 Å². The van der Waals surface area contributed by atoms with Crippen LogP contribution in [0.1, 0.15) is 59.8 Å². The molecule has 0 radical (unpaired) electrons. The maximum atomic E-state index is 15.3. The molecule has 0 bridgehead atoms. The molecule has 0 unspecified atom stereocenters. The van der Waals surface area contributed by atoms with Crippen LogP contribution >= 0.6 is 0 Å². The third kappa shape index (κ3) is 7.69. The number of hydrogen-bond donors (Lipinski definition) is 2. The smallest absolute Gasteiger partial charge is 0.264 e. The molecule has 5 aromatic rings. The van der Waals surface area contributed by atoms with Crippen molar-refractivity contribution < 1.29 is 33.7 Å². The summed E-state index contributed by atoms with van der Waals surface area (Å²) in [7, 11) is 3.21. The lowest BCUT2D eigenvalue weighted by atomic mass is 9.63. The van der Waals surface area contributed by atoms with Crippen molar-refractivity contribution in [2.45, 2.75) is 57.4 Å². The van der Waals surface area contributed by atoms with E-state index in [1.165, 1.54) is 0 Å². The van der Waals surface area contributed by atoms with Crippen molar-refractivity contribution in [3.63, 3.8) is 0 Å². The Balaban J connectivity index is 1.22. The number of rotatable bonds is 14. The molecule has 0 aromatic heterocycles. The average Bonchev–Trinajstić information content (AvgIpc) is 3.67. The summed E-state index contributed by atoms with van der Waals surface area (Å²) in [4.78, 5) is 46.2. The molecule has 2 aliphatic rings. The topological polar surface area (TPSA) is 118 Å². The first-order valence-electron chi connectivity index (χ1n) is 19.7. The van der Waals surface area contributed by atoms with Gasteiger partial charge in [-0.1, -0.05) is 93.6 Å². The zero-order chi connectivity index (χ0) is 41.0. The molecule has 2 N–H and O–H groups in total. The van der Waals surface area contributed by atoms with Gasteiger partial charge in [-0.3, -0.25) is 14.4 Å². The molecule has 0 saturated carbocycles. The van der Waals surface area contributed by atoms with Gasteiger partial charge in [0.2, 0.25) is 5.91 Å². The maximum Gasteiger partial charge on any atom is 0.264 e. The van der Waals surface area contributed by atoms with E-state index in [-0.39, 0.29) is 55.7 Å². The number of aliphatic hydroxyl groups is 1. The molecule has 58 heavy (non-hydrogen) atoms. The Labute approximate surface area is 340 Å². The van der Waals surface area contributed by atoms with Crippen LogP contribution in [0.3, 0.4) is 0 Å². The standard InChI is InChI=1S/C48H51N3O7/c1-32-44(47(2,3)36-20-24-39(57-5)25-21-36)42(29-43(53)50(26-27-52)30-33-12-7-6-8-13-33)58-48(32)40-16-9-10-17-41(40)51(46(48)55)31-34-14-11-15-37(28-34)49-45(54)35-18-22-38(56-4)23-19-35/h6-25,28,32,42,44,52H,26-27,29-31H2,1-5H3,(H,49,54)/t32-,42+,44-,48+/m1/s1. The zero-order valence-corrected chi connectivity index (χ0v) is 33.7. The van der Waals surface area contributed by atoms with E-state index in [1.54, 1.807) is 48.3 Å². The number of aliphatic hydroxyl groups excluding tert-OH is 1. The van der Waals surface area contributed by atoms with Gasteiger partial charge in [-0.2, -0.15) is 0 Å². The summed E-state index contributed by atoms with van der Waals surface area (Å²) in [5, 5.41) is 13.0. The van der Waals surface area contributed by atoms with Gasteiger partial charge in [-0.15, -0.1) is 0 Å². The van der Waals surface area contributed by atoms with E-state index in [4.69, 9.17) is 14.2 Å². The number of benzene rings is 5. The monoisotopic (exact) mass is 781 g/mol. The number of methoxy groups -OCH3 is 2. The first kappa shape index (κ1) is 40.2. The fourth-order valence-electron chi connectivity index (χ4n) is 9.02. The molecule has 7 rings (SSSR count). The Hall–Kier alpha value is -5.97. The van der Waals surface area contributed by atoms with Crippen LogP contribution in [-0.2, 0) is 38.4 Å². The summed E-state index contributed by atoms with van der Waals surface area (Å²) in [6.45, 7) is 6.94. The van der Waals surface area contributed by atoms with Gasteiger partial charge in [0.1, 0.15) is 11.5 Å². The molecule has 2 aliphatic heterocycles. The number of carbonyl (C=O) groups excluding carboxylic acids is 3. The fourth-order valence-corrected chi connectivity index (χ4v) is 9.02. The molecule has 4 atom stereocenters. The number of carbonyl (C=O) groups is 3. The number of hydrogen-bond acceptors (Lipinski definition) is 7. The number of fused-ring (bicyclic) bond motifs is 2. The lowest BCUT2D eigenvalue weighted by molar-refractivity contribution is -0.150. The summed E-state index contributed by atoms with van der Waals surface area (Å²) in [6, 6.07) is 39.8. The third-order valence-corrected chi connectivity index (χ3v) is 11.9. The van der Waals surface area contributed by atoms with Crippen molar-refractivity contribution in [1.29, 1.82) is 0 Å². The van der Waals surface area contributed by atoms with Crippen molar-refractivity contribution in [3.05, 3.63) is 155 Å². The summed E-state index contributed by atoms with van der Waals surface area (Å²) in [6.07, 6.45) is -0.626. The van der Waals surface area contributed by atoms with Gasteiger partial charge in [-0.05, 0) is 76.7 Å². The van der Waals surface area contributed by atoms with Gasteiger partial charge in [0, 0.05) is 41.7 Å². The highest BCUT2D eigenvalue weighted by Gasteiger charge is 2.66. The van der Waals surface area contributed by atoms with Crippen LogP contribution in [0.4, 0.5) is 11.4 Å². The summed E-state index contributed by atoms with van der Waals surface area (Å²) in [5.74, 6) is 0.124. The Morgan fingerprint density at radius 1 is 0.845 bits per heavy atom. The van der Waals surface area contributed by atoms with Crippen LogP contribution < -0.4 is 19.7 Å². The molecule has 300 valence electrons. The second-order valence-corrected chi connectivity index (χ2v) is 15.7. The van der Waals surface area contributed by atoms with Gasteiger partial charge in [0.15, 0.2) is 5.60 Å². The van der Waals surface area contributed by atoms with Crippen molar-refractivity contribution >= 4 is 29.1 Å². The van der Waals surface area contributed by atoms with Crippen molar-refractivity contribution in [3.8, 4) is 11.5 Å². The van der Waals surface area contributed by atoms with Crippen molar-refractivity contribution in [2.75, 3.05) is 37.6 Å². The van der Waals surface area contributed by atoms with E-state index in [1.807, 2.05) is 103 Å². The molecular formula is C48H51N3O7. The SMILES string of the molecule is COc1ccc(C(=O)Nc2cccc(CN3C(=O)[C@@]4(O[C@@H](CC(=O)N(CCO)Cc5ccccc5)[C@H](C(C)(C)c5ccc(OC)cc5)[C@H]4C)c4ccccc43)c2)cc1. The first-order valence-corrected chi connectivity index (χ1v) is 19.7. The van der Waals surface area contributed by atoms with Gasteiger partial charge < -0.3 is 34.4 Å². The molecule has 1 saturated heterocycles. The number of para-hydroxylation sites is 1. The largest absolute Gasteiger partial charge is 0.497 e. The van der Waals surface area contributed by atoms with E-state index < -0.39 is 17.1 Å². The third-order valence-electron chi connectivity index (χ3n) is 11.9. The second-order valence-electron chi connectivity index (χ2n) is 15.7. The highest BCUT2D eigenvalue weighted by Crippen LogP contribution is 2.60. The Kier molecular flexibility index (Phi) is 11.7. The number of nitrogens with one attached hydrogen (secondary N) is 1. The number of ether oxygens (including phenoxy) is 3. The minimum atomic E-state index is -1.38. The molecule has 5 aromatic carbocycles. The molecule has 10 heteroatoms. The van der Waals surface area contributed by atoms with Gasteiger partial charge >= 0.3 is 0 Å². The Morgan fingerprint density at radius 3 is 2.16 bits per heavy atom. The highest BCUT2D eigenvalue weighted by atomic mass is 16.5. The van der Waals surface area contributed by atoms with Crippen LogP contribution in [0.5, 0.6) is 11.5 Å². The van der Waals surface area contributed by atoms with Crippen LogP contribution in [0.25, 0.3) is 0 Å². The molecule has 10 nitrogen and oxygen atoms in total. The van der Waals surface area contributed by atoms with Crippen LogP contribution in [0.15, 0.2) is 127 Å². The molecule has 3 amide bonds. The molecular weight excluding hydrogens is 731 g/mol. The van der Waals surface area contributed by atoms with Crippen molar-refractivity contribution in [2.24, 2.45) is 11.8 Å². The summed E-state index contributed by atoms with van der Waals surface area (Å²) >= 11 is 0. The van der Waals surface area contributed by atoms with Crippen molar-refractivity contribution in [1.82, 2.24) is 4.90 Å². The highest BCUT2D eigenvalue weighted by molar-refractivity contribution is 6.08. The summed E-state index contributed by atoms with van der Waals surface area (Å²) in [5.41, 5.74) is 3.47. The van der Waals surface area contributed by atoms with E-state index in [0.29, 0.717) is 23.5 Å². The van der Waals surface area contributed by atoms with Crippen LogP contribution in [0, 0.1) is 11.8 Å². The number of anilines is 2. The average molecular weight is 782 g/mol. The molecule has 1 spiro atoms. The number of nitrogens with zero attached hydrogens (tertiary/aromatic N) is 2. The predicted octanol–water partition coefficient (Wildman–Crippen LogP) is 7.74. The Bertz CT molecular complexity index is 2240. The van der Waals surface area contributed by atoms with Crippen LogP contribution in [0.2, 0.25) is 0 Å². The fraction of sp³-hybridized carbons (Fsp3) is 0.312. The van der Waals surface area contributed by atoms with E-state index in [2.05, 4.69) is 26.1 Å². The summed E-state index contributed by atoms with van der Waals surface area (Å²) < 4.78 is 17.9. The predicted molar refractivity (Wildman–Crippen MR) is 224 cm³/mol. The molecule has 2 heterocycles. The minimum Gasteiger partial charge on any atom is -0.497 e. The van der Waals surface area contributed by atoms with Gasteiger partial charge in [0.25, 0.3) is 11.8 Å². The lowest BCUT2D eigenvalue weighted by Gasteiger charge is -2.39. The Morgan fingerprint density at radius 2 is 1.48 bits per heavy atom. The zero-order valence-electron chi connectivity index (χ0n) is 33.7. The van der Waals surface area contributed by atoms with Gasteiger partial charge in [-0.25, -0.2) is 0 Å². The molecule has 1 fully saturated rings. The van der Waals surface area contributed by atoms with E-state index in [0.717, 1.165) is 33.7 Å². The second kappa shape index (κ2) is 16.9. The quantitative estimate of drug-likeness (QED) is 0.118. The van der Waals surface area contributed by atoms with E-state index in [9.17, 15) is 14.7 Å². The van der Waals surface area contributed by atoms with Crippen LogP contribution in [-0.4, -0.2) is 61.2 Å². The number of amides is 3. The molecule has 0 aliphatic carbocycles.